The highest BCUT2D eigenvalue weighted by Gasteiger charge is 2.43. The van der Waals surface area contributed by atoms with Gasteiger partial charge in [0.1, 0.15) is 6.04 Å². The number of rotatable bonds is 7. The number of hydrogen-bond donors (Lipinski definition) is 0. The van der Waals surface area contributed by atoms with Gasteiger partial charge < -0.3 is 9.64 Å². The van der Waals surface area contributed by atoms with Crippen LogP contribution in [0, 0.1) is 5.41 Å². The minimum Gasteiger partial charge on any atom is -0.464 e. The van der Waals surface area contributed by atoms with Gasteiger partial charge in [-0.3, -0.25) is 14.6 Å². The fourth-order valence-electron chi connectivity index (χ4n) is 4.46. The summed E-state index contributed by atoms with van der Waals surface area (Å²) in [6.07, 6.45) is 11.9. The van der Waals surface area contributed by atoms with E-state index in [0.29, 0.717) is 26.0 Å². The van der Waals surface area contributed by atoms with E-state index in [-0.39, 0.29) is 11.8 Å². The molecule has 0 aromatic carbocycles. The van der Waals surface area contributed by atoms with Crippen molar-refractivity contribution in [3.63, 3.8) is 0 Å². The van der Waals surface area contributed by atoms with E-state index < -0.39 is 17.4 Å². The lowest BCUT2D eigenvalue weighted by atomic mass is 9.72. The highest BCUT2D eigenvalue weighted by Crippen LogP contribution is 2.37. The van der Waals surface area contributed by atoms with E-state index in [1.807, 2.05) is 19.1 Å². The van der Waals surface area contributed by atoms with Crippen LogP contribution in [0.15, 0.2) is 24.5 Å². The molecule has 2 heterocycles. The number of nitrogens with zero attached hydrogens (tertiary/aromatic N) is 2. The van der Waals surface area contributed by atoms with Crippen molar-refractivity contribution in [2.24, 2.45) is 5.41 Å². The van der Waals surface area contributed by atoms with Crippen molar-refractivity contribution < 1.29 is 19.1 Å². The van der Waals surface area contributed by atoms with Crippen LogP contribution in [0.4, 0.5) is 0 Å². The number of carbonyl (C=O) groups is 3. The summed E-state index contributed by atoms with van der Waals surface area (Å²) in [6, 6.07) is 3.25. The number of esters is 1. The molecule has 29 heavy (non-hydrogen) atoms. The summed E-state index contributed by atoms with van der Waals surface area (Å²) < 4.78 is 5.47. The van der Waals surface area contributed by atoms with Crippen LogP contribution >= 0.6 is 0 Å². The van der Waals surface area contributed by atoms with Crippen LogP contribution in [0.1, 0.15) is 70.3 Å². The fraction of sp³-hybridized carbons (Fsp3) is 0.652. The molecule has 1 aliphatic heterocycles. The van der Waals surface area contributed by atoms with Gasteiger partial charge in [0.25, 0.3) is 5.91 Å². The summed E-state index contributed by atoms with van der Waals surface area (Å²) in [7, 11) is 0. The van der Waals surface area contributed by atoms with Crippen LogP contribution in [0.2, 0.25) is 0 Å². The molecule has 0 bridgehead atoms. The quantitative estimate of drug-likeness (QED) is 0.398. The number of ketones is 1. The number of aryl methyl sites for hydroxylation is 1. The number of Topliss-reactive ketones (excluding diaryl/α,β-unsaturated/α-hetero) is 1. The van der Waals surface area contributed by atoms with Crippen molar-refractivity contribution in [2.75, 3.05) is 13.2 Å². The number of likely N-dealkylation sites (tertiary alicyclic amines) is 1. The summed E-state index contributed by atoms with van der Waals surface area (Å²) in [5.41, 5.74) is 0.523. The number of hydrogen-bond acceptors (Lipinski definition) is 5. The molecule has 6 nitrogen and oxygen atoms in total. The lowest BCUT2D eigenvalue weighted by molar-refractivity contribution is -0.161. The SMILES string of the molecule is CC1(C(=O)C(=O)N2CCCCC2C(=O)OCCCc2cccnc2)CCCCC1. The number of pyridine rings is 1. The van der Waals surface area contributed by atoms with Crippen molar-refractivity contribution in [3.8, 4) is 0 Å². The largest absolute Gasteiger partial charge is 0.464 e. The maximum absolute atomic E-state index is 13.0. The van der Waals surface area contributed by atoms with Gasteiger partial charge in [0.15, 0.2) is 0 Å². The molecule has 1 unspecified atom stereocenters. The van der Waals surface area contributed by atoms with Gasteiger partial charge in [-0.15, -0.1) is 0 Å². The van der Waals surface area contributed by atoms with Crippen LogP contribution in [-0.2, 0) is 25.5 Å². The van der Waals surface area contributed by atoms with E-state index in [9.17, 15) is 14.4 Å². The molecule has 1 aromatic rings. The molecular formula is C23H32N2O4. The van der Waals surface area contributed by atoms with Gasteiger partial charge in [-0.25, -0.2) is 4.79 Å². The Balaban J connectivity index is 1.54. The minimum absolute atomic E-state index is 0.303. The molecule has 1 amide bonds. The Kier molecular flexibility index (Phi) is 7.40. The first-order chi connectivity index (χ1) is 14.0. The first-order valence-corrected chi connectivity index (χ1v) is 10.9. The van der Waals surface area contributed by atoms with Gasteiger partial charge in [-0.05, 0) is 56.6 Å². The van der Waals surface area contributed by atoms with Crippen LogP contribution in [0.5, 0.6) is 0 Å². The molecule has 3 rings (SSSR count). The van der Waals surface area contributed by atoms with Crippen molar-refractivity contribution in [1.29, 1.82) is 0 Å². The van der Waals surface area contributed by atoms with Crippen LogP contribution in [-0.4, -0.2) is 46.7 Å². The number of amides is 1. The smallest absolute Gasteiger partial charge is 0.328 e. The molecule has 0 N–H and O–H groups in total. The predicted molar refractivity (Wildman–Crippen MR) is 109 cm³/mol. The number of carbonyl (C=O) groups excluding carboxylic acids is 3. The predicted octanol–water partition coefficient (Wildman–Crippen LogP) is 3.48. The Bertz CT molecular complexity index is 713. The third kappa shape index (κ3) is 5.43. The van der Waals surface area contributed by atoms with E-state index in [1.54, 1.807) is 12.4 Å². The molecule has 6 heteroatoms. The molecule has 158 valence electrons. The molecule has 1 saturated carbocycles. The zero-order valence-electron chi connectivity index (χ0n) is 17.4. The average molecular weight is 401 g/mol. The van der Waals surface area contributed by atoms with E-state index >= 15 is 0 Å². The Morgan fingerprint density at radius 2 is 1.97 bits per heavy atom. The Morgan fingerprint density at radius 1 is 1.17 bits per heavy atom. The third-order valence-electron chi connectivity index (χ3n) is 6.31. The van der Waals surface area contributed by atoms with Crippen molar-refractivity contribution in [3.05, 3.63) is 30.1 Å². The van der Waals surface area contributed by atoms with Crippen molar-refractivity contribution in [2.45, 2.75) is 77.2 Å². The van der Waals surface area contributed by atoms with Gasteiger partial charge in [0, 0.05) is 24.4 Å². The summed E-state index contributed by atoms with van der Waals surface area (Å²) in [4.78, 5) is 44.2. The molecule has 1 aliphatic carbocycles. The second-order valence-electron chi connectivity index (χ2n) is 8.59. The molecule has 0 radical (unpaired) electrons. The van der Waals surface area contributed by atoms with E-state index in [4.69, 9.17) is 4.74 Å². The summed E-state index contributed by atoms with van der Waals surface area (Å²) in [6.45, 7) is 2.66. The van der Waals surface area contributed by atoms with Gasteiger partial charge in [0.05, 0.1) is 6.61 Å². The maximum atomic E-state index is 13.0. The van der Waals surface area contributed by atoms with Gasteiger partial charge in [-0.2, -0.15) is 0 Å². The first-order valence-electron chi connectivity index (χ1n) is 10.9. The van der Waals surface area contributed by atoms with Crippen molar-refractivity contribution >= 4 is 17.7 Å². The van der Waals surface area contributed by atoms with Gasteiger partial charge in [0.2, 0.25) is 5.78 Å². The van der Waals surface area contributed by atoms with E-state index in [0.717, 1.165) is 56.9 Å². The van der Waals surface area contributed by atoms with Crippen LogP contribution < -0.4 is 0 Å². The average Bonchev–Trinajstić information content (AvgIpc) is 2.77. The lowest BCUT2D eigenvalue weighted by Crippen LogP contribution is -2.53. The molecule has 2 fully saturated rings. The van der Waals surface area contributed by atoms with E-state index in [1.165, 1.54) is 4.90 Å². The van der Waals surface area contributed by atoms with Crippen molar-refractivity contribution in [1.82, 2.24) is 9.88 Å². The number of ether oxygens (including phenoxy) is 1. The monoisotopic (exact) mass is 400 g/mol. The highest BCUT2D eigenvalue weighted by atomic mass is 16.5. The summed E-state index contributed by atoms with van der Waals surface area (Å²) >= 11 is 0. The first kappa shape index (κ1) is 21.5. The van der Waals surface area contributed by atoms with Crippen LogP contribution in [0.3, 0.4) is 0 Å². The number of aromatic nitrogens is 1. The van der Waals surface area contributed by atoms with Gasteiger partial charge >= 0.3 is 5.97 Å². The maximum Gasteiger partial charge on any atom is 0.328 e. The molecular weight excluding hydrogens is 368 g/mol. The normalized spacial score (nSPS) is 21.4. The summed E-state index contributed by atoms with van der Waals surface area (Å²) in [5, 5.41) is 0. The zero-order valence-corrected chi connectivity index (χ0v) is 17.4. The minimum atomic E-state index is -0.634. The lowest BCUT2D eigenvalue weighted by Gasteiger charge is -2.37. The highest BCUT2D eigenvalue weighted by molar-refractivity contribution is 6.38. The second kappa shape index (κ2) is 9.99. The van der Waals surface area contributed by atoms with E-state index in [2.05, 4.69) is 4.98 Å². The topological polar surface area (TPSA) is 76.6 Å². The zero-order chi connectivity index (χ0) is 20.7. The van der Waals surface area contributed by atoms with Crippen LogP contribution in [0.25, 0.3) is 0 Å². The Morgan fingerprint density at radius 3 is 2.69 bits per heavy atom. The molecule has 1 saturated heterocycles. The second-order valence-corrected chi connectivity index (χ2v) is 8.59. The molecule has 1 atom stereocenters. The molecule has 1 aromatic heterocycles. The molecule has 0 spiro atoms. The Labute approximate surface area is 173 Å². The molecule has 2 aliphatic rings. The third-order valence-corrected chi connectivity index (χ3v) is 6.31. The van der Waals surface area contributed by atoms with Gasteiger partial charge in [-0.1, -0.05) is 32.3 Å². The Hall–Kier alpha value is -2.24. The standard InChI is InChI=1S/C23H32N2O4/c1-23(12-4-2-5-13-23)20(26)21(27)25-15-6-3-11-19(25)22(28)29-16-8-10-18-9-7-14-24-17-18/h7,9,14,17,19H,2-6,8,10-13,15-16H2,1H3. The summed E-state index contributed by atoms with van der Waals surface area (Å²) in [5.74, 6) is -1.20. The fourth-order valence-corrected chi connectivity index (χ4v) is 4.46. The number of piperidine rings is 1.